The average molecular weight is 401 g/mol. The quantitative estimate of drug-likeness (QED) is 0.818. The highest BCUT2D eigenvalue weighted by Crippen LogP contribution is 2.49. The Morgan fingerprint density at radius 3 is 2.75 bits per heavy atom. The summed E-state index contributed by atoms with van der Waals surface area (Å²) in [6.07, 6.45) is 5.15. The molecule has 5 nitrogen and oxygen atoms in total. The van der Waals surface area contributed by atoms with Crippen LogP contribution in [-0.2, 0) is 0 Å². The molecule has 1 amide bonds. The number of aryl methyl sites for hydroxylation is 1. The van der Waals surface area contributed by atoms with Crippen LogP contribution in [-0.4, -0.2) is 17.1 Å². The standard InChI is InChI=1S/C22H25ClN2O3/c1-11-20(13(3)25-28-22(11)27)16-6-7-19(23)18(10-16)21(26)24-12(2)17-9-14-4-5-15(17)8-14/h6-7,10,12,14-15,17H,4-5,8-9H2,1-3H3,(H,24,26)/t12-,14+,15+,17-/m1/s1. The van der Waals surface area contributed by atoms with Crippen molar-refractivity contribution in [1.29, 1.82) is 0 Å². The van der Waals surface area contributed by atoms with E-state index in [2.05, 4.69) is 17.4 Å². The summed E-state index contributed by atoms with van der Waals surface area (Å²) in [4.78, 5) is 24.8. The van der Waals surface area contributed by atoms with E-state index in [0.29, 0.717) is 33.3 Å². The lowest BCUT2D eigenvalue weighted by molar-refractivity contribution is 0.0915. The summed E-state index contributed by atoms with van der Waals surface area (Å²) in [6.45, 7) is 5.57. The molecule has 0 saturated heterocycles. The van der Waals surface area contributed by atoms with Crippen molar-refractivity contribution >= 4 is 17.5 Å². The van der Waals surface area contributed by atoms with Crippen LogP contribution in [0.25, 0.3) is 11.1 Å². The molecule has 2 aliphatic carbocycles. The van der Waals surface area contributed by atoms with Gasteiger partial charge in [0.25, 0.3) is 5.91 Å². The highest BCUT2D eigenvalue weighted by molar-refractivity contribution is 6.34. The number of benzene rings is 1. The summed E-state index contributed by atoms with van der Waals surface area (Å²) in [5, 5.41) is 7.37. The van der Waals surface area contributed by atoms with E-state index >= 15 is 0 Å². The Kier molecular flexibility index (Phi) is 5.04. The summed E-state index contributed by atoms with van der Waals surface area (Å²) < 4.78 is 4.78. The van der Waals surface area contributed by atoms with Crippen LogP contribution in [0.4, 0.5) is 0 Å². The molecule has 1 aromatic carbocycles. The first-order valence-electron chi connectivity index (χ1n) is 9.93. The van der Waals surface area contributed by atoms with Crippen molar-refractivity contribution < 1.29 is 9.32 Å². The van der Waals surface area contributed by atoms with Crippen molar-refractivity contribution in [2.45, 2.75) is 52.5 Å². The number of carbonyl (C=O) groups excluding carboxylic acids is 1. The number of hydrogen-bond donors (Lipinski definition) is 1. The van der Waals surface area contributed by atoms with E-state index in [1.165, 1.54) is 25.7 Å². The number of carbonyl (C=O) groups is 1. The van der Waals surface area contributed by atoms with E-state index in [0.717, 1.165) is 17.4 Å². The molecule has 0 aliphatic heterocycles. The van der Waals surface area contributed by atoms with Crippen molar-refractivity contribution in [2.75, 3.05) is 0 Å². The minimum Gasteiger partial charge on any atom is -0.349 e. The molecule has 2 fully saturated rings. The molecule has 148 valence electrons. The third kappa shape index (κ3) is 3.37. The second-order valence-corrected chi connectivity index (χ2v) is 8.76. The van der Waals surface area contributed by atoms with Crippen molar-refractivity contribution in [3.8, 4) is 11.1 Å². The molecule has 4 rings (SSSR count). The van der Waals surface area contributed by atoms with E-state index in [1.54, 1.807) is 32.0 Å². The van der Waals surface area contributed by atoms with E-state index in [1.807, 2.05) is 0 Å². The zero-order valence-corrected chi connectivity index (χ0v) is 17.2. The summed E-state index contributed by atoms with van der Waals surface area (Å²) in [6, 6.07) is 5.36. The first-order valence-corrected chi connectivity index (χ1v) is 10.3. The van der Waals surface area contributed by atoms with E-state index in [-0.39, 0.29) is 11.9 Å². The molecule has 2 saturated carbocycles. The van der Waals surface area contributed by atoms with Gasteiger partial charge >= 0.3 is 5.63 Å². The maximum atomic E-state index is 13.0. The fraction of sp³-hybridized carbons (Fsp3) is 0.500. The number of nitrogens with one attached hydrogen (secondary N) is 1. The molecule has 2 bridgehead atoms. The number of aromatic nitrogens is 1. The lowest BCUT2D eigenvalue weighted by Gasteiger charge is -2.28. The van der Waals surface area contributed by atoms with Crippen LogP contribution in [0, 0.1) is 31.6 Å². The number of hydrogen-bond acceptors (Lipinski definition) is 4. The number of nitrogens with zero attached hydrogens (tertiary/aromatic N) is 1. The molecular weight excluding hydrogens is 376 g/mol. The Labute approximate surface area is 169 Å². The van der Waals surface area contributed by atoms with Crippen LogP contribution in [0.2, 0.25) is 5.02 Å². The fourth-order valence-electron chi connectivity index (χ4n) is 5.18. The van der Waals surface area contributed by atoms with E-state index < -0.39 is 5.63 Å². The average Bonchev–Trinajstić information content (AvgIpc) is 3.29. The number of amides is 1. The molecule has 0 radical (unpaired) electrons. The van der Waals surface area contributed by atoms with Crippen molar-refractivity contribution in [3.63, 3.8) is 0 Å². The summed E-state index contributed by atoms with van der Waals surface area (Å²) in [7, 11) is 0. The lowest BCUT2D eigenvalue weighted by atomic mass is 9.84. The number of halogens is 1. The second kappa shape index (κ2) is 7.36. The molecule has 1 N–H and O–H groups in total. The van der Waals surface area contributed by atoms with Gasteiger partial charge in [-0.05, 0) is 75.5 Å². The topological polar surface area (TPSA) is 72.2 Å². The SMILES string of the molecule is Cc1noc(=O)c(C)c1-c1ccc(Cl)c(C(=O)N[C@H](C)[C@H]2C[C@H]3CC[C@H]2C3)c1. The summed E-state index contributed by atoms with van der Waals surface area (Å²) >= 11 is 6.34. The van der Waals surface area contributed by atoms with Gasteiger partial charge in [-0.1, -0.05) is 29.2 Å². The fourth-order valence-corrected chi connectivity index (χ4v) is 5.38. The van der Waals surface area contributed by atoms with Gasteiger partial charge in [-0.3, -0.25) is 4.79 Å². The van der Waals surface area contributed by atoms with Crippen LogP contribution in [0.5, 0.6) is 0 Å². The largest absolute Gasteiger partial charge is 0.362 e. The molecule has 6 heteroatoms. The first-order chi connectivity index (χ1) is 13.3. The van der Waals surface area contributed by atoms with Crippen LogP contribution in [0.15, 0.2) is 27.5 Å². The van der Waals surface area contributed by atoms with Gasteiger partial charge in [0.2, 0.25) is 0 Å². The normalized spacial score (nSPS) is 24.4. The first kappa shape index (κ1) is 19.2. The van der Waals surface area contributed by atoms with Crippen molar-refractivity contribution in [3.05, 3.63) is 50.5 Å². The third-order valence-corrected chi connectivity index (χ3v) is 6.93. The minimum atomic E-state index is -0.480. The molecule has 0 unspecified atom stereocenters. The van der Waals surface area contributed by atoms with Gasteiger partial charge in [-0.25, -0.2) is 4.79 Å². The van der Waals surface area contributed by atoms with Gasteiger partial charge in [0.15, 0.2) is 0 Å². The summed E-state index contributed by atoms with van der Waals surface area (Å²) in [5.74, 6) is 1.96. The van der Waals surface area contributed by atoms with Gasteiger partial charge in [0.1, 0.15) is 0 Å². The molecule has 0 spiro atoms. The number of fused-ring (bicyclic) bond motifs is 2. The van der Waals surface area contributed by atoms with Crippen LogP contribution < -0.4 is 10.9 Å². The molecule has 1 heterocycles. The van der Waals surface area contributed by atoms with Crippen LogP contribution in [0.3, 0.4) is 0 Å². The molecule has 2 aromatic rings. The Morgan fingerprint density at radius 2 is 2.07 bits per heavy atom. The number of rotatable bonds is 4. The third-order valence-electron chi connectivity index (χ3n) is 6.60. The Hall–Kier alpha value is -2.14. The molecule has 28 heavy (non-hydrogen) atoms. The maximum absolute atomic E-state index is 13.0. The zero-order chi connectivity index (χ0) is 20.0. The van der Waals surface area contributed by atoms with E-state index in [9.17, 15) is 9.59 Å². The highest BCUT2D eigenvalue weighted by atomic mass is 35.5. The molecule has 2 aliphatic rings. The predicted molar refractivity (Wildman–Crippen MR) is 109 cm³/mol. The molecular formula is C22H25ClN2O3. The smallest absolute Gasteiger partial charge is 0.349 e. The second-order valence-electron chi connectivity index (χ2n) is 8.35. The monoisotopic (exact) mass is 400 g/mol. The molecule has 4 atom stereocenters. The Balaban J connectivity index is 1.60. The van der Waals surface area contributed by atoms with Crippen molar-refractivity contribution in [2.24, 2.45) is 17.8 Å². The van der Waals surface area contributed by atoms with E-state index in [4.69, 9.17) is 16.1 Å². The van der Waals surface area contributed by atoms with Crippen LogP contribution >= 0.6 is 11.6 Å². The Morgan fingerprint density at radius 1 is 1.29 bits per heavy atom. The van der Waals surface area contributed by atoms with Crippen molar-refractivity contribution in [1.82, 2.24) is 10.5 Å². The maximum Gasteiger partial charge on any atom is 0.362 e. The highest BCUT2D eigenvalue weighted by Gasteiger charge is 2.42. The summed E-state index contributed by atoms with van der Waals surface area (Å²) in [5.41, 5.74) is 2.42. The Bertz CT molecular complexity index is 984. The zero-order valence-electron chi connectivity index (χ0n) is 16.4. The van der Waals surface area contributed by atoms with Gasteiger partial charge in [0, 0.05) is 17.2 Å². The lowest BCUT2D eigenvalue weighted by Crippen LogP contribution is -2.40. The predicted octanol–water partition coefficient (Wildman–Crippen LogP) is 4.53. The van der Waals surface area contributed by atoms with Gasteiger partial charge in [-0.2, -0.15) is 0 Å². The van der Waals surface area contributed by atoms with Gasteiger partial charge in [0.05, 0.1) is 16.3 Å². The molecule has 1 aromatic heterocycles. The van der Waals surface area contributed by atoms with Gasteiger partial charge < -0.3 is 9.84 Å². The minimum absolute atomic E-state index is 0.122. The van der Waals surface area contributed by atoms with Gasteiger partial charge in [-0.15, -0.1) is 0 Å². The van der Waals surface area contributed by atoms with Crippen LogP contribution in [0.1, 0.15) is 54.2 Å².